The van der Waals surface area contributed by atoms with E-state index in [-0.39, 0.29) is 23.8 Å². The number of carbonyl (C=O) groups is 1. The predicted octanol–water partition coefficient (Wildman–Crippen LogP) is 2.01. The average Bonchev–Trinajstić information content (AvgIpc) is 3.28. The molecule has 1 saturated heterocycles. The highest BCUT2D eigenvalue weighted by atomic mass is 32.2. The number of rotatable bonds is 9. The average molecular weight is 435 g/mol. The lowest BCUT2D eigenvalue weighted by Gasteiger charge is -2.16. The Labute approximate surface area is 176 Å². The maximum atomic E-state index is 12.4. The number of nitrogens with zero attached hydrogens (tertiary/aromatic N) is 2. The molecule has 1 aromatic heterocycles. The molecule has 3 rings (SSSR count). The minimum atomic E-state index is -3.78. The van der Waals surface area contributed by atoms with Crippen LogP contribution in [-0.2, 0) is 14.8 Å². The van der Waals surface area contributed by atoms with Gasteiger partial charge in [-0.25, -0.2) is 18.1 Å². The molecule has 10 heteroatoms. The van der Waals surface area contributed by atoms with Gasteiger partial charge in [0.1, 0.15) is 5.82 Å². The summed E-state index contributed by atoms with van der Waals surface area (Å²) in [4.78, 5) is 18.8. The number of benzene rings is 1. The zero-order chi connectivity index (χ0) is 21.6. The van der Waals surface area contributed by atoms with Gasteiger partial charge in [-0.1, -0.05) is 0 Å². The number of nitrogens with one attached hydrogen (secondary N) is 2. The van der Waals surface area contributed by atoms with E-state index in [9.17, 15) is 13.2 Å². The van der Waals surface area contributed by atoms with E-state index in [4.69, 9.17) is 9.47 Å². The predicted molar refractivity (Wildman–Crippen MR) is 114 cm³/mol. The van der Waals surface area contributed by atoms with Gasteiger partial charge in [-0.2, -0.15) is 0 Å². The topological polar surface area (TPSA) is 110 Å². The van der Waals surface area contributed by atoms with Gasteiger partial charge in [-0.3, -0.25) is 4.79 Å². The van der Waals surface area contributed by atoms with Crippen molar-refractivity contribution in [3.8, 4) is 11.5 Å². The Balaban J connectivity index is 1.51. The number of sulfonamides is 1. The number of anilines is 2. The van der Waals surface area contributed by atoms with E-state index in [0.717, 1.165) is 18.9 Å². The maximum absolute atomic E-state index is 12.4. The van der Waals surface area contributed by atoms with Gasteiger partial charge in [0.2, 0.25) is 15.9 Å². The van der Waals surface area contributed by atoms with Crippen molar-refractivity contribution in [2.24, 2.45) is 0 Å². The summed E-state index contributed by atoms with van der Waals surface area (Å²) in [5.74, 6) is 1.33. The SMILES string of the molecule is COc1ccc(S(=O)(=O)NCCC(=O)Nc2ccc(N3CCCC3)nc2)cc1OC. The zero-order valence-corrected chi connectivity index (χ0v) is 17.9. The normalized spacial score (nSPS) is 13.9. The smallest absolute Gasteiger partial charge is 0.240 e. The Bertz CT molecular complexity index is 973. The Morgan fingerprint density at radius 3 is 2.47 bits per heavy atom. The minimum absolute atomic E-state index is 0.0135. The summed E-state index contributed by atoms with van der Waals surface area (Å²) >= 11 is 0. The molecule has 0 radical (unpaired) electrons. The molecule has 0 bridgehead atoms. The quantitative estimate of drug-likeness (QED) is 0.621. The van der Waals surface area contributed by atoms with Gasteiger partial charge in [0.25, 0.3) is 0 Å². The van der Waals surface area contributed by atoms with Crippen LogP contribution in [0.4, 0.5) is 11.5 Å². The van der Waals surface area contributed by atoms with Crippen LogP contribution < -0.4 is 24.4 Å². The second-order valence-corrected chi connectivity index (χ2v) is 8.58. The van der Waals surface area contributed by atoms with Crippen molar-refractivity contribution in [1.82, 2.24) is 9.71 Å². The molecule has 0 saturated carbocycles. The molecule has 2 N–H and O–H groups in total. The second kappa shape index (κ2) is 9.77. The van der Waals surface area contributed by atoms with E-state index in [1.807, 2.05) is 6.07 Å². The molecule has 0 unspecified atom stereocenters. The number of hydrogen-bond donors (Lipinski definition) is 2. The van der Waals surface area contributed by atoms with Crippen molar-refractivity contribution in [2.75, 3.05) is 44.1 Å². The van der Waals surface area contributed by atoms with Crippen molar-refractivity contribution >= 4 is 27.4 Å². The van der Waals surface area contributed by atoms with Crippen LogP contribution in [0.3, 0.4) is 0 Å². The molecule has 2 aromatic rings. The van der Waals surface area contributed by atoms with Gasteiger partial charge in [0.15, 0.2) is 11.5 Å². The van der Waals surface area contributed by atoms with Crippen LogP contribution in [0.25, 0.3) is 0 Å². The van der Waals surface area contributed by atoms with Crippen molar-refractivity contribution in [2.45, 2.75) is 24.2 Å². The third-order valence-corrected chi connectivity index (χ3v) is 6.23. The molecule has 1 fully saturated rings. The van der Waals surface area contributed by atoms with Crippen LogP contribution in [-0.4, -0.2) is 53.2 Å². The van der Waals surface area contributed by atoms with E-state index < -0.39 is 10.0 Å². The Hall–Kier alpha value is -2.85. The van der Waals surface area contributed by atoms with E-state index in [1.54, 1.807) is 12.3 Å². The van der Waals surface area contributed by atoms with Crippen molar-refractivity contribution in [3.05, 3.63) is 36.5 Å². The lowest BCUT2D eigenvalue weighted by Crippen LogP contribution is -2.28. The first kappa shape index (κ1) is 21.8. The van der Waals surface area contributed by atoms with E-state index in [2.05, 4.69) is 19.9 Å². The fraction of sp³-hybridized carbons (Fsp3) is 0.400. The number of ether oxygens (including phenoxy) is 2. The van der Waals surface area contributed by atoms with E-state index in [0.29, 0.717) is 17.2 Å². The van der Waals surface area contributed by atoms with Gasteiger partial charge in [0, 0.05) is 32.1 Å². The minimum Gasteiger partial charge on any atom is -0.493 e. The molecule has 0 spiro atoms. The van der Waals surface area contributed by atoms with Gasteiger partial charge in [0.05, 0.1) is 31.0 Å². The summed E-state index contributed by atoms with van der Waals surface area (Å²) in [5, 5.41) is 2.73. The Morgan fingerprint density at radius 2 is 1.83 bits per heavy atom. The van der Waals surface area contributed by atoms with Crippen LogP contribution in [0.5, 0.6) is 11.5 Å². The van der Waals surface area contributed by atoms with Crippen LogP contribution in [0, 0.1) is 0 Å². The van der Waals surface area contributed by atoms with E-state index >= 15 is 0 Å². The number of amides is 1. The highest BCUT2D eigenvalue weighted by Gasteiger charge is 2.17. The highest BCUT2D eigenvalue weighted by molar-refractivity contribution is 7.89. The molecule has 1 aliphatic rings. The summed E-state index contributed by atoms with van der Waals surface area (Å²) in [7, 11) is -0.885. The summed E-state index contributed by atoms with van der Waals surface area (Å²) < 4.78 is 37.6. The fourth-order valence-electron chi connectivity index (χ4n) is 3.18. The first-order chi connectivity index (χ1) is 14.4. The standard InChI is InChI=1S/C20H26N4O5S/c1-28-17-7-6-16(13-18(17)29-2)30(26,27)22-10-9-20(25)23-15-5-8-19(21-14-15)24-11-3-4-12-24/h5-8,13-14,22H,3-4,9-12H2,1-2H3,(H,23,25). The molecular weight excluding hydrogens is 408 g/mol. The Morgan fingerprint density at radius 1 is 1.10 bits per heavy atom. The molecule has 162 valence electrons. The number of methoxy groups -OCH3 is 2. The highest BCUT2D eigenvalue weighted by Crippen LogP contribution is 2.29. The maximum Gasteiger partial charge on any atom is 0.240 e. The van der Waals surface area contributed by atoms with Crippen molar-refractivity contribution < 1.29 is 22.7 Å². The summed E-state index contributed by atoms with van der Waals surface area (Å²) in [6, 6.07) is 7.97. The molecule has 1 aliphatic heterocycles. The van der Waals surface area contributed by atoms with Crippen LogP contribution in [0.1, 0.15) is 19.3 Å². The number of carbonyl (C=O) groups excluding carboxylic acids is 1. The second-order valence-electron chi connectivity index (χ2n) is 6.81. The summed E-state index contributed by atoms with van der Waals surface area (Å²) in [5.41, 5.74) is 0.575. The fourth-order valence-corrected chi connectivity index (χ4v) is 4.23. The molecule has 1 amide bonds. The molecule has 2 heterocycles. The molecule has 9 nitrogen and oxygen atoms in total. The number of aromatic nitrogens is 1. The molecule has 0 aliphatic carbocycles. The van der Waals surface area contributed by atoms with Crippen molar-refractivity contribution in [1.29, 1.82) is 0 Å². The van der Waals surface area contributed by atoms with Gasteiger partial charge in [-0.15, -0.1) is 0 Å². The monoisotopic (exact) mass is 434 g/mol. The van der Waals surface area contributed by atoms with Crippen LogP contribution >= 0.6 is 0 Å². The van der Waals surface area contributed by atoms with Crippen molar-refractivity contribution in [3.63, 3.8) is 0 Å². The third-order valence-electron chi connectivity index (χ3n) is 4.77. The molecule has 1 aromatic carbocycles. The lowest BCUT2D eigenvalue weighted by atomic mass is 10.3. The zero-order valence-electron chi connectivity index (χ0n) is 17.1. The van der Waals surface area contributed by atoms with Crippen LogP contribution in [0.15, 0.2) is 41.4 Å². The number of pyridine rings is 1. The molecular formula is C20H26N4O5S. The van der Waals surface area contributed by atoms with Gasteiger partial charge >= 0.3 is 0 Å². The number of hydrogen-bond acceptors (Lipinski definition) is 7. The van der Waals surface area contributed by atoms with Gasteiger partial charge < -0.3 is 19.7 Å². The summed E-state index contributed by atoms with van der Waals surface area (Å²) in [6.07, 6.45) is 3.93. The third kappa shape index (κ3) is 5.39. The van der Waals surface area contributed by atoms with Crippen LogP contribution in [0.2, 0.25) is 0 Å². The summed E-state index contributed by atoms with van der Waals surface area (Å²) in [6.45, 7) is 1.96. The molecule has 0 atom stereocenters. The largest absolute Gasteiger partial charge is 0.493 e. The first-order valence-corrected chi connectivity index (χ1v) is 11.1. The van der Waals surface area contributed by atoms with Gasteiger partial charge in [-0.05, 0) is 37.1 Å². The Kier molecular flexibility index (Phi) is 7.11. The lowest BCUT2D eigenvalue weighted by molar-refractivity contribution is -0.116. The first-order valence-electron chi connectivity index (χ1n) is 9.65. The molecule has 30 heavy (non-hydrogen) atoms. The van der Waals surface area contributed by atoms with E-state index in [1.165, 1.54) is 45.3 Å².